The molecule has 3 nitrogen and oxygen atoms in total. The number of rotatable bonds is 5. The minimum Gasteiger partial charge on any atom is -0.492 e. The second kappa shape index (κ2) is 5.33. The molecular weight excluding hydrogens is 289 g/mol. The van der Waals surface area contributed by atoms with Gasteiger partial charge in [-0.25, -0.2) is 4.39 Å². The number of nitrogens with two attached hydrogens (primary N) is 1. The summed E-state index contributed by atoms with van der Waals surface area (Å²) >= 11 is 3.26. The van der Waals surface area contributed by atoms with E-state index in [2.05, 4.69) is 15.9 Å². The van der Waals surface area contributed by atoms with Crippen LogP contribution in [0.25, 0.3) is 0 Å². The molecule has 0 spiro atoms. The highest BCUT2D eigenvalue weighted by Crippen LogP contribution is 2.36. The van der Waals surface area contributed by atoms with E-state index in [0.29, 0.717) is 28.3 Å². The summed E-state index contributed by atoms with van der Waals surface area (Å²) in [5, 5.41) is 9.07. The number of aliphatic hydroxyl groups excluding tert-OH is 1. The average molecular weight is 304 g/mol. The van der Waals surface area contributed by atoms with Gasteiger partial charge in [0.2, 0.25) is 0 Å². The Morgan fingerprint density at radius 3 is 2.82 bits per heavy atom. The van der Waals surface area contributed by atoms with Crippen molar-refractivity contribution in [3.05, 3.63) is 28.0 Å². The summed E-state index contributed by atoms with van der Waals surface area (Å²) in [6, 6.07) is 2.03. The van der Waals surface area contributed by atoms with Crippen LogP contribution >= 0.6 is 15.9 Å². The Morgan fingerprint density at radius 2 is 2.24 bits per heavy atom. The Bertz CT molecular complexity index is 410. The molecule has 0 amide bonds. The third kappa shape index (κ3) is 3.18. The van der Waals surface area contributed by atoms with Crippen molar-refractivity contribution in [3.63, 3.8) is 0 Å². The van der Waals surface area contributed by atoms with Gasteiger partial charge in [0.1, 0.15) is 11.6 Å². The lowest BCUT2D eigenvalue weighted by Crippen LogP contribution is -2.17. The first-order valence-electron chi connectivity index (χ1n) is 5.60. The minimum atomic E-state index is -0.629. The van der Waals surface area contributed by atoms with Gasteiger partial charge in [0.25, 0.3) is 0 Å². The predicted molar refractivity (Wildman–Crippen MR) is 66.3 cm³/mol. The van der Waals surface area contributed by atoms with E-state index in [1.165, 1.54) is 25.0 Å². The van der Waals surface area contributed by atoms with E-state index >= 15 is 0 Å². The molecule has 1 aliphatic carbocycles. The van der Waals surface area contributed by atoms with Gasteiger partial charge >= 0.3 is 0 Å². The molecule has 0 radical (unpaired) electrons. The Morgan fingerprint density at radius 1 is 1.53 bits per heavy atom. The largest absolute Gasteiger partial charge is 0.492 e. The second-order valence-corrected chi connectivity index (χ2v) is 5.20. The van der Waals surface area contributed by atoms with Gasteiger partial charge in [-0.3, -0.25) is 0 Å². The van der Waals surface area contributed by atoms with E-state index in [1.807, 2.05) is 0 Å². The van der Waals surface area contributed by atoms with Crippen LogP contribution in [-0.2, 0) is 0 Å². The third-order valence-corrected chi connectivity index (χ3v) is 3.38. The van der Waals surface area contributed by atoms with Crippen molar-refractivity contribution in [3.8, 4) is 5.75 Å². The number of ether oxygens (including phenoxy) is 1. The van der Waals surface area contributed by atoms with Crippen LogP contribution in [0.5, 0.6) is 5.75 Å². The van der Waals surface area contributed by atoms with E-state index in [9.17, 15) is 4.39 Å². The second-order valence-electron chi connectivity index (χ2n) is 4.35. The highest BCUT2D eigenvalue weighted by atomic mass is 79.9. The smallest absolute Gasteiger partial charge is 0.138 e. The Hall–Kier alpha value is -0.650. The molecule has 0 bridgehead atoms. The van der Waals surface area contributed by atoms with Crippen molar-refractivity contribution in [2.45, 2.75) is 18.9 Å². The van der Waals surface area contributed by atoms with Crippen molar-refractivity contribution in [2.24, 2.45) is 11.7 Å². The van der Waals surface area contributed by atoms with Gasteiger partial charge in [-0.15, -0.1) is 0 Å². The third-order valence-electron chi connectivity index (χ3n) is 2.79. The van der Waals surface area contributed by atoms with Crippen molar-refractivity contribution in [1.29, 1.82) is 0 Å². The van der Waals surface area contributed by atoms with Gasteiger partial charge in [-0.1, -0.05) is 0 Å². The van der Waals surface area contributed by atoms with Gasteiger partial charge in [0.15, 0.2) is 0 Å². The maximum Gasteiger partial charge on any atom is 0.138 e. The van der Waals surface area contributed by atoms with Crippen molar-refractivity contribution in [1.82, 2.24) is 0 Å². The van der Waals surface area contributed by atoms with E-state index < -0.39 is 11.9 Å². The zero-order chi connectivity index (χ0) is 12.4. The van der Waals surface area contributed by atoms with Gasteiger partial charge in [-0.05, 0) is 46.8 Å². The van der Waals surface area contributed by atoms with E-state index in [-0.39, 0.29) is 6.61 Å². The van der Waals surface area contributed by atoms with Crippen LogP contribution in [0.4, 0.5) is 4.39 Å². The molecule has 0 aromatic heterocycles. The molecule has 1 saturated carbocycles. The van der Waals surface area contributed by atoms with E-state index in [0.717, 1.165) is 0 Å². The molecule has 1 atom stereocenters. The molecule has 94 valence electrons. The summed E-state index contributed by atoms with van der Waals surface area (Å²) in [4.78, 5) is 0. The average Bonchev–Trinajstić information content (AvgIpc) is 3.09. The summed E-state index contributed by atoms with van der Waals surface area (Å²) in [5.41, 5.74) is 6.24. The number of halogens is 2. The number of hydrogen-bond donors (Lipinski definition) is 2. The Labute approximate surface area is 108 Å². The highest BCUT2D eigenvalue weighted by Gasteiger charge is 2.24. The SMILES string of the molecule is NC(CO)c1cc(F)cc(Br)c1OCC1CC1. The van der Waals surface area contributed by atoms with Crippen molar-refractivity contribution < 1.29 is 14.2 Å². The lowest BCUT2D eigenvalue weighted by molar-refractivity contribution is 0.256. The first-order valence-corrected chi connectivity index (χ1v) is 6.39. The summed E-state index contributed by atoms with van der Waals surface area (Å²) in [7, 11) is 0. The summed E-state index contributed by atoms with van der Waals surface area (Å²) in [5.74, 6) is 0.750. The van der Waals surface area contributed by atoms with Crippen LogP contribution in [0.2, 0.25) is 0 Å². The molecular formula is C12H15BrFNO2. The van der Waals surface area contributed by atoms with Crippen LogP contribution < -0.4 is 10.5 Å². The maximum atomic E-state index is 13.3. The molecule has 1 aromatic carbocycles. The Balaban J connectivity index is 2.24. The fraction of sp³-hybridized carbons (Fsp3) is 0.500. The number of aliphatic hydroxyl groups is 1. The Kier molecular flexibility index (Phi) is 4.01. The van der Waals surface area contributed by atoms with Crippen LogP contribution in [0.1, 0.15) is 24.4 Å². The van der Waals surface area contributed by atoms with E-state index in [1.54, 1.807) is 0 Å². The normalized spacial score (nSPS) is 16.9. The lowest BCUT2D eigenvalue weighted by Gasteiger charge is -2.17. The zero-order valence-corrected chi connectivity index (χ0v) is 10.9. The molecule has 5 heteroatoms. The molecule has 0 saturated heterocycles. The molecule has 2 rings (SSSR count). The first kappa shape index (κ1) is 12.8. The zero-order valence-electron chi connectivity index (χ0n) is 9.33. The summed E-state index contributed by atoms with van der Waals surface area (Å²) in [6.45, 7) is 0.380. The monoisotopic (exact) mass is 303 g/mol. The maximum absolute atomic E-state index is 13.3. The summed E-state index contributed by atoms with van der Waals surface area (Å²) in [6.07, 6.45) is 2.36. The molecule has 1 unspecified atom stereocenters. The van der Waals surface area contributed by atoms with Gasteiger partial charge in [-0.2, -0.15) is 0 Å². The standard InChI is InChI=1S/C12H15BrFNO2/c13-10-4-8(14)3-9(11(15)5-16)12(10)17-6-7-1-2-7/h3-4,7,11,16H,1-2,5-6,15H2. The van der Waals surface area contributed by atoms with Gasteiger partial charge in [0, 0.05) is 5.56 Å². The van der Waals surface area contributed by atoms with E-state index in [4.69, 9.17) is 15.6 Å². The molecule has 17 heavy (non-hydrogen) atoms. The van der Waals surface area contributed by atoms with Crippen LogP contribution in [-0.4, -0.2) is 18.3 Å². The van der Waals surface area contributed by atoms with Gasteiger partial charge in [0.05, 0.1) is 23.7 Å². The molecule has 1 aromatic rings. The molecule has 0 heterocycles. The minimum absolute atomic E-state index is 0.240. The summed E-state index contributed by atoms with van der Waals surface area (Å²) < 4.78 is 19.5. The fourth-order valence-corrected chi connectivity index (χ4v) is 2.15. The fourth-order valence-electron chi connectivity index (χ4n) is 1.59. The predicted octanol–water partition coefficient (Wildman–Crippen LogP) is 2.37. The van der Waals surface area contributed by atoms with Crippen LogP contribution in [0.3, 0.4) is 0 Å². The van der Waals surface area contributed by atoms with Crippen LogP contribution in [0.15, 0.2) is 16.6 Å². The molecule has 1 fully saturated rings. The van der Waals surface area contributed by atoms with Gasteiger partial charge < -0.3 is 15.6 Å². The van der Waals surface area contributed by atoms with Crippen LogP contribution in [0, 0.1) is 11.7 Å². The first-order chi connectivity index (χ1) is 8.11. The molecule has 0 aliphatic heterocycles. The van der Waals surface area contributed by atoms with Crippen molar-refractivity contribution >= 4 is 15.9 Å². The number of hydrogen-bond acceptors (Lipinski definition) is 3. The topological polar surface area (TPSA) is 55.5 Å². The molecule has 3 N–H and O–H groups in total. The quantitative estimate of drug-likeness (QED) is 0.878. The van der Waals surface area contributed by atoms with Crippen molar-refractivity contribution in [2.75, 3.05) is 13.2 Å². The highest BCUT2D eigenvalue weighted by molar-refractivity contribution is 9.10. The molecule has 1 aliphatic rings. The number of benzene rings is 1. The lowest BCUT2D eigenvalue weighted by atomic mass is 10.1.